The first-order valence-electron chi connectivity index (χ1n) is 6.69. The molecule has 1 heterocycles. The molecule has 1 fully saturated rings. The van der Waals surface area contributed by atoms with Crippen LogP contribution in [0.2, 0.25) is 0 Å². The number of unbranched alkanes of at least 4 members (excludes halogenated alkanes) is 4. The molecule has 1 aliphatic heterocycles. The van der Waals surface area contributed by atoms with Crippen molar-refractivity contribution in [2.24, 2.45) is 5.92 Å². The summed E-state index contributed by atoms with van der Waals surface area (Å²) < 4.78 is 0. The molecule has 94 valence electrons. The van der Waals surface area contributed by atoms with Crippen LogP contribution in [-0.4, -0.2) is 35.6 Å². The number of likely N-dealkylation sites (tertiary alicyclic amines) is 1. The summed E-state index contributed by atoms with van der Waals surface area (Å²) in [5, 5.41) is 8.97. The SMILES string of the molecule is CCCCCCCN1CCCC(C(=O)O)C1. The first kappa shape index (κ1) is 13.5. The third-order valence-electron chi connectivity index (χ3n) is 3.43. The van der Waals surface area contributed by atoms with E-state index in [1.165, 1.54) is 32.1 Å². The minimum Gasteiger partial charge on any atom is -0.481 e. The van der Waals surface area contributed by atoms with E-state index in [2.05, 4.69) is 11.8 Å². The highest BCUT2D eigenvalue weighted by molar-refractivity contribution is 5.70. The molecule has 1 rings (SSSR count). The first-order chi connectivity index (χ1) is 7.74. The average molecular weight is 227 g/mol. The smallest absolute Gasteiger partial charge is 0.307 e. The number of nitrogens with zero attached hydrogens (tertiary/aromatic N) is 1. The molecule has 1 atom stereocenters. The second kappa shape index (κ2) is 7.66. The molecule has 0 aromatic carbocycles. The monoisotopic (exact) mass is 227 g/mol. The summed E-state index contributed by atoms with van der Waals surface area (Å²) in [5.41, 5.74) is 0. The Balaban J connectivity index is 2.10. The lowest BCUT2D eigenvalue weighted by Gasteiger charge is -2.30. The van der Waals surface area contributed by atoms with Crippen molar-refractivity contribution < 1.29 is 9.90 Å². The summed E-state index contributed by atoms with van der Waals surface area (Å²) in [6.07, 6.45) is 8.37. The molecule has 1 saturated heterocycles. The fourth-order valence-electron chi connectivity index (χ4n) is 2.40. The van der Waals surface area contributed by atoms with Gasteiger partial charge in [-0.05, 0) is 32.4 Å². The standard InChI is InChI=1S/C13H25NO2/c1-2-3-4-5-6-9-14-10-7-8-12(11-14)13(15)16/h12H,2-11H2,1H3,(H,15,16). The van der Waals surface area contributed by atoms with Crippen LogP contribution in [0.4, 0.5) is 0 Å². The van der Waals surface area contributed by atoms with E-state index in [0.29, 0.717) is 0 Å². The molecule has 0 spiro atoms. The van der Waals surface area contributed by atoms with Crippen molar-refractivity contribution in [3.05, 3.63) is 0 Å². The lowest BCUT2D eigenvalue weighted by Crippen LogP contribution is -2.39. The Hall–Kier alpha value is -0.570. The zero-order chi connectivity index (χ0) is 11.8. The van der Waals surface area contributed by atoms with Gasteiger partial charge in [0, 0.05) is 6.54 Å². The number of hydrogen-bond acceptors (Lipinski definition) is 2. The summed E-state index contributed by atoms with van der Waals surface area (Å²) in [4.78, 5) is 13.2. The minimum atomic E-state index is -0.615. The Bertz CT molecular complexity index is 206. The molecule has 1 unspecified atom stereocenters. The number of rotatable bonds is 7. The topological polar surface area (TPSA) is 40.5 Å². The number of carbonyl (C=O) groups is 1. The highest BCUT2D eigenvalue weighted by Gasteiger charge is 2.24. The highest BCUT2D eigenvalue weighted by atomic mass is 16.4. The van der Waals surface area contributed by atoms with Gasteiger partial charge in [-0.1, -0.05) is 32.6 Å². The molecule has 0 saturated carbocycles. The van der Waals surface area contributed by atoms with Gasteiger partial charge in [-0.3, -0.25) is 4.79 Å². The van der Waals surface area contributed by atoms with Crippen molar-refractivity contribution in [1.82, 2.24) is 4.90 Å². The lowest BCUT2D eigenvalue weighted by atomic mass is 9.98. The van der Waals surface area contributed by atoms with Crippen LogP contribution in [0.15, 0.2) is 0 Å². The van der Waals surface area contributed by atoms with Crippen LogP contribution in [0.3, 0.4) is 0 Å². The van der Waals surface area contributed by atoms with Crippen molar-refractivity contribution in [3.63, 3.8) is 0 Å². The average Bonchev–Trinajstić information content (AvgIpc) is 2.29. The zero-order valence-corrected chi connectivity index (χ0v) is 10.5. The first-order valence-corrected chi connectivity index (χ1v) is 6.69. The number of hydrogen-bond donors (Lipinski definition) is 1. The molecule has 0 radical (unpaired) electrons. The van der Waals surface area contributed by atoms with Gasteiger partial charge in [0.05, 0.1) is 5.92 Å². The predicted molar refractivity (Wildman–Crippen MR) is 65.6 cm³/mol. The maximum absolute atomic E-state index is 10.9. The van der Waals surface area contributed by atoms with Gasteiger partial charge in [0.15, 0.2) is 0 Å². The second-order valence-corrected chi connectivity index (χ2v) is 4.89. The van der Waals surface area contributed by atoms with Crippen LogP contribution in [0, 0.1) is 5.92 Å². The van der Waals surface area contributed by atoms with Crippen molar-refractivity contribution >= 4 is 5.97 Å². The van der Waals surface area contributed by atoms with E-state index in [4.69, 9.17) is 5.11 Å². The number of carboxylic acid groups (broad SMARTS) is 1. The maximum Gasteiger partial charge on any atom is 0.307 e. The number of piperidine rings is 1. The fourth-order valence-corrected chi connectivity index (χ4v) is 2.40. The van der Waals surface area contributed by atoms with Gasteiger partial charge in [0.2, 0.25) is 0 Å². The molecular weight excluding hydrogens is 202 g/mol. The molecular formula is C13H25NO2. The zero-order valence-electron chi connectivity index (χ0n) is 10.5. The van der Waals surface area contributed by atoms with Gasteiger partial charge in [0.1, 0.15) is 0 Å². The van der Waals surface area contributed by atoms with E-state index in [1.54, 1.807) is 0 Å². The number of carboxylic acids is 1. The Labute approximate surface area is 98.8 Å². The van der Waals surface area contributed by atoms with Gasteiger partial charge in [-0.15, -0.1) is 0 Å². The van der Waals surface area contributed by atoms with Crippen LogP contribution in [0.25, 0.3) is 0 Å². The predicted octanol–water partition coefficient (Wildman–Crippen LogP) is 2.75. The molecule has 0 aromatic heterocycles. The quantitative estimate of drug-likeness (QED) is 0.680. The Morgan fingerprint density at radius 2 is 2.06 bits per heavy atom. The van der Waals surface area contributed by atoms with Gasteiger partial charge in [-0.2, -0.15) is 0 Å². The van der Waals surface area contributed by atoms with E-state index >= 15 is 0 Å². The summed E-state index contributed by atoms with van der Waals surface area (Å²) in [7, 11) is 0. The van der Waals surface area contributed by atoms with E-state index in [-0.39, 0.29) is 5.92 Å². The van der Waals surface area contributed by atoms with E-state index < -0.39 is 5.97 Å². The van der Waals surface area contributed by atoms with Crippen LogP contribution in [0.1, 0.15) is 51.9 Å². The third-order valence-corrected chi connectivity index (χ3v) is 3.43. The van der Waals surface area contributed by atoms with Crippen LogP contribution >= 0.6 is 0 Å². The van der Waals surface area contributed by atoms with Crippen molar-refractivity contribution in [3.8, 4) is 0 Å². The van der Waals surface area contributed by atoms with Crippen LogP contribution in [-0.2, 0) is 4.79 Å². The van der Waals surface area contributed by atoms with E-state index in [1.807, 2.05) is 0 Å². The van der Waals surface area contributed by atoms with E-state index in [9.17, 15) is 4.79 Å². The molecule has 0 bridgehead atoms. The van der Waals surface area contributed by atoms with Crippen LogP contribution in [0.5, 0.6) is 0 Å². The van der Waals surface area contributed by atoms with Gasteiger partial charge >= 0.3 is 5.97 Å². The Morgan fingerprint density at radius 3 is 2.75 bits per heavy atom. The summed E-state index contributed by atoms with van der Waals surface area (Å²) in [5.74, 6) is -0.736. The minimum absolute atomic E-state index is 0.121. The molecule has 1 aliphatic rings. The number of aliphatic carboxylic acids is 1. The molecule has 3 heteroatoms. The fraction of sp³-hybridized carbons (Fsp3) is 0.923. The molecule has 0 amide bonds. The van der Waals surface area contributed by atoms with Crippen molar-refractivity contribution in [1.29, 1.82) is 0 Å². The molecule has 0 aromatic rings. The Morgan fingerprint density at radius 1 is 1.31 bits per heavy atom. The summed E-state index contributed by atoms with van der Waals surface area (Å²) in [6, 6.07) is 0. The van der Waals surface area contributed by atoms with Gasteiger partial charge in [-0.25, -0.2) is 0 Å². The van der Waals surface area contributed by atoms with Crippen molar-refractivity contribution in [2.45, 2.75) is 51.9 Å². The Kier molecular flexibility index (Phi) is 6.46. The van der Waals surface area contributed by atoms with E-state index in [0.717, 1.165) is 32.5 Å². The van der Waals surface area contributed by atoms with Crippen molar-refractivity contribution in [2.75, 3.05) is 19.6 Å². The summed E-state index contributed by atoms with van der Waals surface area (Å²) in [6.45, 7) is 5.18. The highest BCUT2D eigenvalue weighted by Crippen LogP contribution is 2.17. The molecule has 3 nitrogen and oxygen atoms in total. The summed E-state index contributed by atoms with van der Waals surface area (Å²) >= 11 is 0. The third kappa shape index (κ3) is 4.97. The van der Waals surface area contributed by atoms with Crippen LogP contribution < -0.4 is 0 Å². The maximum atomic E-state index is 10.9. The van der Waals surface area contributed by atoms with Gasteiger partial charge < -0.3 is 10.0 Å². The largest absolute Gasteiger partial charge is 0.481 e. The molecule has 0 aliphatic carbocycles. The molecule has 1 N–H and O–H groups in total. The second-order valence-electron chi connectivity index (χ2n) is 4.89. The van der Waals surface area contributed by atoms with Gasteiger partial charge in [0.25, 0.3) is 0 Å². The normalized spacial score (nSPS) is 22.2. The lowest BCUT2D eigenvalue weighted by molar-refractivity contribution is -0.143. The molecule has 16 heavy (non-hydrogen) atoms.